The van der Waals surface area contributed by atoms with Crippen LogP contribution in [0.4, 0.5) is 0 Å². The Morgan fingerprint density at radius 2 is 2.23 bits per heavy atom. The molecule has 0 radical (unpaired) electrons. The number of hydrogen-bond acceptors (Lipinski definition) is 3. The van der Waals surface area contributed by atoms with E-state index in [1.54, 1.807) is 6.33 Å². The van der Waals surface area contributed by atoms with Gasteiger partial charge in [-0.25, -0.2) is 0 Å². The van der Waals surface area contributed by atoms with Gasteiger partial charge in [-0.1, -0.05) is 13.8 Å². The largest absolute Gasteiger partial charge is 0.327 e. The normalized spacial score (nSPS) is 13.6. The molecule has 0 saturated carbocycles. The van der Waals surface area contributed by atoms with Crippen LogP contribution in [0, 0.1) is 5.92 Å². The molecule has 1 rings (SSSR count). The van der Waals surface area contributed by atoms with Crippen molar-refractivity contribution in [3.05, 3.63) is 12.2 Å². The van der Waals surface area contributed by atoms with E-state index in [0.717, 1.165) is 18.8 Å². The summed E-state index contributed by atoms with van der Waals surface area (Å²) in [5.74, 6) is 1.48. The van der Waals surface area contributed by atoms with Crippen molar-refractivity contribution in [1.82, 2.24) is 14.8 Å². The van der Waals surface area contributed by atoms with E-state index in [4.69, 9.17) is 5.73 Å². The second-order valence-electron chi connectivity index (χ2n) is 3.65. The summed E-state index contributed by atoms with van der Waals surface area (Å²) in [5, 5.41) is 7.91. The molecular weight excluding hydrogens is 164 g/mol. The second kappa shape index (κ2) is 4.37. The Morgan fingerprint density at radius 1 is 1.54 bits per heavy atom. The first-order valence-corrected chi connectivity index (χ1v) is 4.77. The molecule has 0 fully saturated rings. The van der Waals surface area contributed by atoms with Crippen molar-refractivity contribution in [3.8, 4) is 0 Å². The van der Waals surface area contributed by atoms with E-state index in [0.29, 0.717) is 5.92 Å². The van der Waals surface area contributed by atoms with Crippen LogP contribution in [0.15, 0.2) is 6.33 Å². The van der Waals surface area contributed by atoms with E-state index in [9.17, 15) is 0 Å². The molecule has 13 heavy (non-hydrogen) atoms. The summed E-state index contributed by atoms with van der Waals surface area (Å²) in [7, 11) is 0. The van der Waals surface area contributed by atoms with Crippen LogP contribution in [0.5, 0.6) is 0 Å². The maximum Gasteiger partial charge on any atom is 0.134 e. The van der Waals surface area contributed by atoms with Gasteiger partial charge in [-0.3, -0.25) is 0 Å². The summed E-state index contributed by atoms with van der Waals surface area (Å²) in [4.78, 5) is 0. The number of aromatic nitrogens is 3. The molecule has 0 amide bonds. The molecule has 2 N–H and O–H groups in total. The third-order valence-electron chi connectivity index (χ3n) is 2.31. The lowest BCUT2D eigenvalue weighted by Gasteiger charge is -2.14. The molecule has 1 atom stereocenters. The SMILES string of the molecule is CCn1cnnc1CC(N)C(C)C. The first kappa shape index (κ1) is 10.2. The summed E-state index contributed by atoms with van der Waals surface area (Å²) in [5.41, 5.74) is 5.95. The minimum absolute atomic E-state index is 0.175. The van der Waals surface area contributed by atoms with Crippen LogP contribution in [0.3, 0.4) is 0 Å². The Hall–Kier alpha value is -0.900. The number of rotatable bonds is 4. The number of nitrogens with two attached hydrogens (primary N) is 1. The summed E-state index contributed by atoms with van der Waals surface area (Å²) in [6, 6.07) is 0.175. The lowest BCUT2D eigenvalue weighted by molar-refractivity contribution is 0.472. The summed E-state index contributed by atoms with van der Waals surface area (Å²) >= 11 is 0. The first-order chi connectivity index (χ1) is 6.15. The fraction of sp³-hybridized carbons (Fsp3) is 0.778. The van der Waals surface area contributed by atoms with Gasteiger partial charge in [0.2, 0.25) is 0 Å². The summed E-state index contributed by atoms with van der Waals surface area (Å²) in [6.07, 6.45) is 2.56. The highest BCUT2D eigenvalue weighted by molar-refractivity contribution is 4.90. The monoisotopic (exact) mass is 182 g/mol. The predicted molar refractivity (Wildman–Crippen MR) is 52.2 cm³/mol. The first-order valence-electron chi connectivity index (χ1n) is 4.77. The van der Waals surface area contributed by atoms with E-state index in [1.165, 1.54) is 0 Å². The maximum atomic E-state index is 5.95. The third kappa shape index (κ3) is 2.52. The van der Waals surface area contributed by atoms with Crippen LogP contribution in [0.2, 0.25) is 0 Å². The van der Waals surface area contributed by atoms with Gasteiger partial charge in [0.25, 0.3) is 0 Å². The van der Waals surface area contributed by atoms with Crippen molar-refractivity contribution in [3.63, 3.8) is 0 Å². The lowest BCUT2D eigenvalue weighted by atomic mass is 10.0. The van der Waals surface area contributed by atoms with Gasteiger partial charge in [0.1, 0.15) is 12.2 Å². The van der Waals surface area contributed by atoms with Gasteiger partial charge < -0.3 is 10.3 Å². The van der Waals surface area contributed by atoms with Gasteiger partial charge in [0.15, 0.2) is 0 Å². The van der Waals surface area contributed by atoms with E-state index < -0.39 is 0 Å². The molecule has 1 aromatic rings. The molecule has 1 unspecified atom stereocenters. The van der Waals surface area contributed by atoms with Crippen LogP contribution in [-0.4, -0.2) is 20.8 Å². The third-order valence-corrected chi connectivity index (χ3v) is 2.31. The zero-order chi connectivity index (χ0) is 9.84. The van der Waals surface area contributed by atoms with Crippen LogP contribution >= 0.6 is 0 Å². The van der Waals surface area contributed by atoms with E-state index >= 15 is 0 Å². The van der Waals surface area contributed by atoms with Crippen molar-refractivity contribution >= 4 is 0 Å². The van der Waals surface area contributed by atoms with E-state index in [2.05, 4.69) is 31.0 Å². The molecule has 4 heteroatoms. The molecule has 74 valence electrons. The zero-order valence-electron chi connectivity index (χ0n) is 8.57. The minimum atomic E-state index is 0.175. The smallest absolute Gasteiger partial charge is 0.134 e. The Bertz CT molecular complexity index is 254. The molecule has 0 aliphatic rings. The number of nitrogens with zero attached hydrogens (tertiary/aromatic N) is 3. The van der Waals surface area contributed by atoms with Crippen LogP contribution in [-0.2, 0) is 13.0 Å². The molecule has 0 bridgehead atoms. The summed E-state index contributed by atoms with van der Waals surface area (Å²) in [6.45, 7) is 7.23. The number of aryl methyl sites for hydroxylation is 1. The molecule has 0 saturated heterocycles. The summed E-state index contributed by atoms with van der Waals surface area (Å²) < 4.78 is 2.03. The Kier molecular flexibility index (Phi) is 3.42. The molecule has 1 heterocycles. The van der Waals surface area contributed by atoms with Gasteiger partial charge in [-0.2, -0.15) is 0 Å². The molecular formula is C9H18N4. The predicted octanol–water partition coefficient (Wildman–Crippen LogP) is 0.824. The highest BCUT2D eigenvalue weighted by atomic mass is 15.3. The topological polar surface area (TPSA) is 56.7 Å². The lowest BCUT2D eigenvalue weighted by Crippen LogP contribution is -2.30. The van der Waals surface area contributed by atoms with E-state index in [-0.39, 0.29) is 6.04 Å². The molecule has 0 aliphatic heterocycles. The molecule has 0 aromatic carbocycles. The highest BCUT2D eigenvalue weighted by Gasteiger charge is 2.12. The molecule has 0 spiro atoms. The standard InChI is InChI=1S/C9H18N4/c1-4-13-6-11-12-9(13)5-8(10)7(2)3/h6-8H,4-5,10H2,1-3H3. The average Bonchev–Trinajstić information content (AvgIpc) is 2.51. The molecule has 0 aliphatic carbocycles. The number of hydrogen-bond donors (Lipinski definition) is 1. The van der Waals surface area contributed by atoms with Crippen molar-refractivity contribution in [1.29, 1.82) is 0 Å². The Labute approximate surface area is 79.2 Å². The maximum absolute atomic E-state index is 5.95. The van der Waals surface area contributed by atoms with Crippen LogP contribution < -0.4 is 5.73 Å². The van der Waals surface area contributed by atoms with Crippen molar-refractivity contribution in [2.75, 3.05) is 0 Å². The Morgan fingerprint density at radius 3 is 2.77 bits per heavy atom. The van der Waals surface area contributed by atoms with Crippen molar-refractivity contribution in [2.24, 2.45) is 11.7 Å². The second-order valence-corrected chi connectivity index (χ2v) is 3.65. The molecule has 1 aromatic heterocycles. The van der Waals surface area contributed by atoms with Gasteiger partial charge in [-0.15, -0.1) is 10.2 Å². The van der Waals surface area contributed by atoms with Crippen LogP contribution in [0.25, 0.3) is 0 Å². The Balaban J connectivity index is 2.62. The average molecular weight is 182 g/mol. The van der Waals surface area contributed by atoms with Crippen molar-refractivity contribution < 1.29 is 0 Å². The molecule has 4 nitrogen and oxygen atoms in total. The quantitative estimate of drug-likeness (QED) is 0.750. The highest BCUT2D eigenvalue weighted by Crippen LogP contribution is 2.05. The van der Waals surface area contributed by atoms with Gasteiger partial charge in [0.05, 0.1) is 0 Å². The fourth-order valence-corrected chi connectivity index (χ4v) is 1.15. The van der Waals surface area contributed by atoms with Crippen molar-refractivity contribution in [2.45, 2.75) is 39.8 Å². The van der Waals surface area contributed by atoms with Gasteiger partial charge in [0, 0.05) is 19.0 Å². The zero-order valence-corrected chi connectivity index (χ0v) is 8.57. The van der Waals surface area contributed by atoms with E-state index in [1.807, 2.05) is 4.57 Å². The fourth-order valence-electron chi connectivity index (χ4n) is 1.15. The van der Waals surface area contributed by atoms with Gasteiger partial charge in [-0.05, 0) is 12.8 Å². The minimum Gasteiger partial charge on any atom is -0.327 e. The van der Waals surface area contributed by atoms with Gasteiger partial charge >= 0.3 is 0 Å². The van der Waals surface area contributed by atoms with Crippen LogP contribution in [0.1, 0.15) is 26.6 Å².